The molecule has 1 nitrogen and oxygen atoms in total. The molecule has 1 N–H and O–H groups in total. The van der Waals surface area contributed by atoms with Gasteiger partial charge in [-0.2, -0.15) is 0 Å². The van der Waals surface area contributed by atoms with Crippen LogP contribution in [0.1, 0.15) is 50.1 Å². The zero-order valence-electron chi connectivity index (χ0n) is 13.2. The van der Waals surface area contributed by atoms with Gasteiger partial charge in [-0.1, -0.05) is 67.4 Å². The Hall–Kier alpha value is -1.60. The van der Waals surface area contributed by atoms with E-state index in [4.69, 9.17) is 0 Å². The van der Waals surface area contributed by atoms with Crippen molar-refractivity contribution in [2.45, 2.75) is 50.6 Å². The molecule has 0 spiro atoms. The first-order valence-corrected chi connectivity index (χ1v) is 8.81. The van der Waals surface area contributed by atoms with Crippen molar-refractivity contribution in [3.05, 3.63) is 60.2 Å². The molecule has 1 aliphatic heterocycles. The van der Waals surface area contributed by atoms with Gasteiger partial charge in [0.25, 0.3) is 0 Å². The predicted octanol–water partition coefficient (Wildman–Crippen LogP) is 5.34. The van der Waals surface area contributed by atoms with Crippen molar-refractivity contribution in [1.29, 1.82) is 0 Å². The SMILES string of the molecule is c1ccc(-c2ccc(C3CCC4CCCCC4N3)cc2)cc1. The monoisotopic (exact) mass is 291 g/mol. The Morgan fingerprint density at radius 1 is 0.682 bits per heavy atom. The van der Waals surface area contributed by atoms with E-state index in [1.54, 1.807) is 0 Å². The van der Waals surface area contributed by atoms with Gasteiger partial charge in [0, 0.05) is 12.1 Å². The number of benzene rings is 2. The summed E-state index contributed by atoms with van der Waals surface area (Å²) in [5.41, 5.74) is 4.08. The van der Waals surface area contributed by atoms with Gasteiger partial charge in [-0.3, -0.25) is 0 Å². The second-order valence-electron chi connectivity index (χ2n) is 6.94. The smallest absolute Gasteiger partial charge is 0.0322 e. The molecular formula is C21H25N. The summed E-state index contributed by atoms with van der Waals surface area (Å²) in [6, 6.07) is 21.2. The summed E-state index contributed by atoms with van der Waals surface area (Å²) in [5, 5.41) is 3.93. The molecular weight excluding hydrogens is 266 g/mol. The second-order valence-corrected chi connectivity index (χ2v) is 6.94. The van der Waals surface area contributed by atoms with E-state index in [1.165, 1.54) is 55.2 Å². The zero-order valence-corrected chi connectivity index (χ0v) is 13.2. The molecule has 0 amide bonds. The summed E-state index contributed by atoms with van der Waals surface area (Å²) >= 11 is 0. The third kappa shape index (κ3) is 2.83. The first kappa shape index (κ1) is 14.0. The quantitative estimate of drug-likeness (QED) is 0.788. The third-order valence-corrected chi connectivity index (χ3v) is 5.57. The number of fused-ring (bicyclic) bond motifs is 1. The lowest BCUT2D eigenvalue weighted by molar-refractivity contribution is 0.177. The number of hydrogen-bond acceptors (Lipinski definition) is 1. The summed E-state index contributed by atoms with van der Waals surface area (Å²) in [6.45, 7) is 0. The molecule has 4 rings (SSSR count). The summed E-state index contributed by atoms with van der Waals surface area (Å²) in [4.78, 5) is 0. The van der Waals surface area contributed by atoms with Crippen LogP contribution < -0.4 is 5.32 Å². The lowest BCUT2D eigenvalue weighted by atomic mass is 9.77. The van der Waals surface area contributed by atoms with E-state index in [0.717, 1.165) is 12.0 Å². The zero-order chi connectivity index (χ0) is 14.8. The molecule has 114 valence electrons. The van der Waals surface area contributed by atoms with Gasteiger partial charge in [-0.05, 0) is 48.3 Å². The van der Waals surface area contributed by atoms with Crippen molar-refractivity contribution < 1.29 is 0 Å². The number of piperidine rings is 1. The average molecular weight is 291 g/mol. The van der Waals surface area contributed by atoms with Gasteiger partial charge in [0.15, 0.2) is 0 Å². The van der Waals surface area contributed by atoms with Crippen LogP contribution in [0.25, 0.3) is 11.1 Å². The van der Waals surface area contributed by atoms with Gasteiger partial charge in [-0.15, -0.1) is 0 Å². The van der Waals surface area contributed by atoms with Crippen LogP contribution in [-0.2, 0) is 0 Å². The minimum Gasteiger partial charge on any atom is -0.307 e. The molecule has 1 aliphatic carbocycles. The fourth-order valence-corrected chi connectivity index (χ4v) is 4.30. The summed E-state index contributed by atoms with van der Waals surface area (Å²) in [7, 11) is 0. The highest BCUT2D eigenvalue weighted by Crippen LogP contribution is 2.37. The molecule has 2 fully saturated rings. The molecule has 2 aromatic carbocycles. The fourth-order valence-electron chi connectivity index (χ4n) is 4.30. The Bertz CT molecular complexity index is 602. The lowest BCUT2D eigenvalue weighted by Crippen LogP contribution is -2.44. The van der Waals surface area contributed by atoms with E-state index >= 15 is 0 Å². The number of hydrogen-bond donors (Lipinski definition) is 1. The first-order valence-electron chi connectivity index (χ1n) is 8.81. The van der Waals surface area contributed by atoms with Crippen molar-refractivity contribution in [2.75, 3.05) is 0 Å². The van der Waals surface area contributed by atoms with E-state index in [0.29, 0.717) is 6.04 Å². The molecule has 2 aliphatic rings. The average Bonchev–Trinajstić information content (AvgIpc) is 2.62. The van der Waals surface area contributed by atoms with Crippen LogP contribution in [0, 0.1) is 5.92 Å². The Morgan fingerprint density at radius 3 is 2.23 bits per heavy atom. The maximum Gasteiger partial charge on any atom is 0.0322 e. The van der Waals surface area contributed by atoms with E-state index in [-0.39, 0.29) is 0 Å². The van der Waals surface area contributed by atoms with Crippen molar-refractivity contribution in [2.24, 2.45) is 5.92 Å². The second kappa shape index (κ2) is 6.26. The van der Waals surface area contributed by atoms with Gasteiger partial charge < -0.3 is 5.32 Å². The Kier molecular flexibility index (Phi) is 3.99. The molecule has 0 radical (unpaired) electrons. The Labute approximate surface area is 133 Å². The molecule has 3 atom stereocenters. The van der Waals surface area contributed by atoms with Gasteiger partial charge in [0.2, 0.25) is 0 Å². The van der Waals surface area contributed by atoms with Crippen LogP contribution in [0.5, 0.6) is 0 Å². The molecule has 22 heavy (non-hydrogen) atoms. The van der Waals surface area contributed by atoms with E-state index < -0.39 is 0 Å². The van der Waals surface area contributed by atoms with Crippen molar-refractivity contribution in [3.8, 4) is 11.1 Å². The van der Waals surface area contributed by atoms with Crippen LogP contribution >= 0.6 is 0 Å². The summed E-state index contributed by atoms with van der Waals surface area (Å²) in [6.07, 6.45) is 8.38. The minimum absolute atomic E-state index is 0.559. The Balaban J connectivity index is 1.49. The lowest BCUT2D eigenvalue weighted by Gasteiger charge is -2.40. The number of nitrogens with one attached hydrogen (secondary N) is 1. The Morgan fingerprint density at radius 2 is 1.41 bits per heavy atom. The van der Waals surface area contributed by atoms with Crippen LogP contribution in [0.4, 0.5) is 0 Å². The van der Waals surface area contributed by atoms with E-state index in [1.807, 2.05) is 0 Å². The van der Waals surface area contributed by atoms with Gasteiger partial charge in [0.05, 0.1) is 0 Å². The van der Waals surface area contributed by atoms with Crippen molar-refractivity contribution >= 4 is 0 Å². The van der Waals surface area contributed by atoms with Crippen LogP contribution in [0.15, 0.2) is 54.6 Å². The van der Waals surface area contributed by atoms with E-state index in [9.17, 15) is 0 Å². The normalized spacial score (nSPS) is 28.1. The van der Waals surface area contributed by atoms with Gasteiger partial charge >= 0.3 is 0 Å². The number of rotatable bonds is 2. The molecule has 1 saturated heterocycles. The van der Waals surface area contributed by atoms with Gasteiger partial charge in [0.1, 0.15) is 0 Å². The standard InChI is InChI=1S/C21H25N/c1-2-6-16(7-3-1)17-10-12-19(13-11-17)21-15-14-18-8-4-5-9-20(18)22-21/h1-3,6-7,10-13,18,20-22H,4-5,8-9,14-15H2. The molecule has 0 bridgehead atoms. The third-order valence-electron chi connectivity index (χ3n) is 5.57. The van der Waals surface area contributed by atoms with Crippen LogP contribution in [0.2, 0.25) is 0 Å². The maximum absolute atomic E-state index is 3.93. The van der Waals surface area contributed by atoms with E-state index in [2.05, 4.69) is 59.9 Å². The van der Waals surface area contributed by atoms with Gasteiger partial charge in [-0.25, -0.2) is 0 Å². The van der Waals surface area contributed by atoms with Crippen LogP contribution in [0.3, 0.4) is 0 Å². The predicted molar refractivity (Wildman–Crippen MR) is 92.7 cm³/mol. The van der Waals surface area contributed by atoms with Crippen molar-refractivity contribution in [3.63, 3.8) is 0 Å². The molecule has 0 aromatic heterocycles. The fraction of sp³-hybridized carbons (Fsp3) is 0.429. The molecule has 1 heterocycles. The minimum atomic E-state index is 0.559. The van der Waals surface area contributed by atoms with Crippen LogP contribution in [-0.4, -0.2) is 6.04 Å². The molecule has 1 heteroatoms. The largest absolute Gasteiger partial charge is 0.307 e. The summed E-state index contributed by atoms with van der Waals surface area (Å²) < 4.78 is 0. The maximum atomic E-state index is 3.93. The highest BCUT2D eigenvalue weighted by molar-refractivity contribution is 5.63. The molecule has 2 aromatic rings. The van der Waals surface area contributed by atoms with Crippen molar-refractivity contribution in [1.82, 2.24) is 5.32 Å². The topological polar surface area (TPSA) is 12.0 Å². The molecule has 3 unspecified atom stereocenters. The highest BCUT2D eigenvalue weighted by Gasteiger charge is 2.31. The highest BCUT2D eigenvalue weighted by atomic mass is 15.0. The first-order chi connectivity index (χ1) is 10.9. The molecule has 1 saturated carbocycles. The summed E-state index contributed by atoms with van der Waals surface area (Å²) in [5.74, 6) is 0.939.